The van der Waals surface area contributed by atoms with E-state index in [1.807, 2.05) is 45.0 Å². The number of nitrogens with zero attached hydrogens (tertiary/aromatic N) is 4. The molecule has 0 radical (unpaired) electrons. The summed E-state index contributed by atoms with van der Waals surface area (Å²) in [4.78, 5) is 30.3. The van der Waals surface area contributed by atoms with E-state index >= 15 is 0 Å². The van der Waals surface area contributed by atoms with Gasteiger partial charge >= 0.3 is 5.97 Å². The monoisotopic (exact) mass is 472 g/mol. The molecule has 33 heavy (non-hydrogen) atoms. The number of aryl methyl sites for hydroxylation is 3. The van der Waals surface area contributed by atoms with Gasteiger partial charge < -0.3 is 9.84 Å². The van der Waals surface area contributed by atoms with E-state index < -0.39 is 10.7 Å². The molecule has 0 aliphatic carbocycles. The Hall–Kier alpha value is -2.81. The first-order chi connectivity index (χ1) is 15.7. The summed E-state index contributed by atoms with van der Waals surface area (Å²) >= 11 is 1.33. The second-order valence-electron chi connectivity index (χ2n) is 8.14. The van der Waals surface area contributed by atoms with Gasteiger partial charge in [0.15, 0.2) is 5.52 Å². The van der Waals surface area contributed by atoms with Crippen LogP contribution < -0.4 is 10.3 Å². The molecule has 1 N–H and O–H groups in total. The predicted molar refractivity (Wildman–Crippen MR) is 130 cm³/mol. The number of carboxylic acid groups (broad SMARTS) is 1. The van der Waals surface area contributed by atoms with Crippen LogP contribution in [0.2, 0.25) is 0 Å². The number of carbonyl (C=O) groups is 1. The fraction of sp³-hybridized carbons (Fsp3) is 0.500. The van der Waals surface area contributed by atoms with E-state index in [9.17, 15) is 14.7 Å². The quantitative estimate of drug-likeness (QED) is 0.415. The third kappa shape index (κ3) is 5.24. The minimum Gasteiger partial charge on any atom is -0.492 e. The molecule has 0 bridgehead atoms. The third-order valence-electron chi connectivity index (χ3n) is 5.77. The number of ether oxygens (including phenoxy) is 1. The topological polar surface area (TPSA) is 99.2 Å². The van der Waals surface area contributed by atoms with Gasteiger partial charge in [-0.25, -0.2) is 4.98 Å². The molecular formula is C24H32N4O4S. The van der Waals surface area contributed by atoms with E-state index in [1.165, 1.54) is 11.8 Å². The molecular weight excluding hydrogens is 440 g/mol. The highest BCUT2D eigenvalue weighted by atomic mass is 32.2. The Balaban J connectivity index is 1.72. The highest BCUT2D eigenvalue weighted by Gasteiger charge is 2.32. The van der Waals surface area contributed by atoms with Crippen molar-refractivity contribution in [3.63, 3.8) is 0 Å². The zero-order chi connectivity index (χ0) is 24.2. The standard InChI is InChI=1S/C24H32N4O4S/c1-6-9-19-20-21(28(8-3)26-19)22(29)27(16(4)25-20)14-15-32-17-10-12-18(13-11-17)33-24(5,7-2)23(30)31/h10-13H,6-9,14-15H2,1-5H3,(H,30,31). The van der Waals surface area contributed by atoms with Crippen LogP contribution in [0.4, 0.5) is 0 Å². The van der Waals surface area contributed by atoms with Gasteiger partial charge in [0, 0.05) is 11.4 Å². The maximum atomic E-state index is 13.2. The largest absolute Gasteiger partial charge is 0.492 e. The van der Waals surface area contributed by atoms with Crippen molar-refractivity contribution in [2.75, 3.05) is 6.61 Å². The summed E-state index contributed by atoms with van der Waals surface area (Å²) in [7, 11) is 0. The van der Waals surface area contributed by atoms with E-state index in [0.29, 0.717) is 48.7 Å². The molecule has 9 heteroatoms. The first-order valence-electron chi connectivity index (χ1n) is 11.4. The second-order valence-corrected chi connectivity index (χ2v) is 9.71. The highest BCUT2D eigenvalue weighted by molar-refractivity contribution is 8.01. The van der Waals surface area contributed by atoms with Crippen LogP contribution in [0.25, 0.3) is 11.0 Å². The SMILES string of the molecule is CCCc1nn(CC)c2c(=O)n(CCOc3ccc(SC(C)(CC)C(=O)O)cc3)c(C)nc12. The first-order valence-corrected chi connectivity index (χ1v) is 12.2. The second kappa shape index (κ2) is 10.4. The van der Waals surface area contributed by atoms with Crippen LogP contribution in [-0.4, -0.2) is 41.8 Å². The van der Waals surface area contributed by atoms with Gasteiger partial charge in [-0.1, -0.05) is 20.3 Å². The molecule has 1 atom stereocenters. The Morgan fingerprint density at radius 1 is 1.21 bits per heavy atom. The van der Waals surface area contributed by atoms with E-state index in [1.54, 1.807) is 16.2 Å². The fourth-order valence-electron chi connectivity index (χ4n) is 3.61. The van der Waals surface area contributed by atoms with Crippen LogP contribution in [-0.2, 0) is 24.3 Å². The molecule has 0 aliphatic heterocycles. The van der Waals surface area contributed by atoms with Gasteiger partial charge in [0.05, 0.1) is 12.2 Å². The summed E-state index contributed by atoms with van der Waals surface area (Å²) in [6.07, 6.45) is 2.26. The number of carboxylic acids is 1. The number of rotatable bonds is 11. The molecule has 2 aromatic heterocycles. The molecule has 1 unspecified atom stereocenters. The van der Waals surface area contributed by atoms with Gasteiger partial charge in [-0.05, 0) is 57.9 Å². The van der Waals surface area contributed by atoms with Crippen LogP contribution in [0.5, 0.6) is 5.75 Å². The Morgan fingerprint density at radius 3 is 2.48 bits per heavy atom. The summed E-state index contributed by atoms with van der Waals surface area (Å²) in [5, 5.41) is 14.1. The van der Waals surface area contributed by atoms with E-state index in [0.717, 1.165) is 23.4 Å². The number of thioether (sulfide) groups is 1. The van der Waals surface area contributed by atoms with Gasteiger partial charge in [-0.2, -0.15) is 5.10 Å². The Kier molecular flexibility index (Phi) is 7.84. The molecule has 0 spiro atoms. The van der Waals surface area contributed by atoms with Crippen molar-refractivity contribution in [3.05, 3.63) is 46.1 Å². The van der Waals surface area contributed by atoms with Crippen LogP contribution in [0, 0.1) is 6.92 Å². The van der Waals surface area contributed by atoms with Crippen molar-refractivity contribution in [1.29, 1.82) is 0 Å². The number of hydrogen-bond acceptors (Lipinski definition) is 6. The summed E-state index contributed by atoms with van der Waals surface area (Å²) in [6, 6.07) is 7.36. The molecule has 1 aromatic carbocycles. The molecule has 0 aliphatic rings. The molecule has 178 valence electrons. The van der Waals surface area contributed by atoms with Crippen molar-refractivity contribution in [1.82, 2.24) is 19.3 Å². The van der Waals surface area contributed by atoms with Gasteiger partial charge in [-0.15, -0.1) is 11.8 Å². The van der Waals surface area contributed by atoms with E-state index in [2.05, 4.69) is 12.0 Å². The number of benzene rings is 1. The molecule has 8 nitrogen and oxygen atoms in total. The Labute approximate surface area is 198 Å². The summed E-state index contributed by atoms with van der Waals surface area (Å²) in [6.45, 7) is 10.8. The van der Waals surface area contributed by atoms with Gasteiger partial charge in [-0.3, -0.25) is 18.8 Å². The molecule has 3 aromatic rings. The molecule has 0 saturated heterocycles. The number of fused-ring (bicyclic) bond motifs is 1. The number of hydrogen-bond donors (Lipinski definition) is 1. The zero-order valence-electron chi connectivity index (χ0n) is 19.9. The van der Waals surface area contributed by atoms with E-state index in [-0.39, 0.29) is 5.56 Å². The molecule has 2 heterocycles. The predicted octanol–water partition coefficient (Wildman–Crippen LogP) is 4.30. The first kappa shape index (κ1) is 24.8. The van der Waals surface area contributed by atoms with Crippen LogP contribution in [0.1, 0.15) is 52.1 Å². The molecule has 0 saturated carbocycles. The summed E-state index contributed by atoms with van der Waals surface area (Å²) in [5.41, 5.74) is 2.02. The molecule has 0 fully saturated rings. The minimum absolute atomic E-state index is 0.0999. The highest BCUT2D eigenvalue weighted by Crippen LogP contribution is 2.36. The lowest BCUT2D eigenvalue weighted by Crippen LogP contribution is -2.30. The van der Waals surface area contributed by atoms with Crippen LogP contribution in [0.3, 0.4) is 0 Å². The van der Waals surface area contributed by atoms with Gasteiger partial charge in [0.25, 0.3) is 5.56 Å². The van der Waals surface area contributed by atoms with Crippen molar-refractivity contribution in [2.24, 2.45) is 0 Å². The van der Waals surface area contributed by atoms with Crippen molar-refractivity contribution >= 4 is 28.8 Å². The summed E-state index contributed by atoms with van der Waals surface area (Å²) in [5.74, 6) is 0.479. The molecule has 0 amide bonds. The number of aromatic nitrogens is 4. The summed E-state index contributed by atoms with van der Waals surface area (Å²) < 4.78 is 8.36. The Morgan fingerprint density at radius 2 is 1.91 bits per heavy atom. The normalized spacial score (nSPS) is 13.2. The third-order valence-corrected chi connectivity index (χ3v) is 7.19. The average Bonchev–Trinajstić information content (AvgIpc) is 3.14. The van der Waals surface area contributed by atoms with Crippen LogP contribution >= 0.6 is 11.8 Å². The van der Waals surface area contributed by atoms with E-state index in [4.69, 9.17) is 9.72 Å². The minimum atomic E-state index is -0.866. The smallest absolute Gasteiger partial charge is 0.319 e. The number of aliphatic carboxylic acids is 1. The zero-order valence-corrected chi connectivity index (χ0v) is 20.7. The van der Waals surface area contributed by atoms with Gasteiger partial charge in [0.2, 0.25) is 0 Å². The van der Waals surface area contributed by atoms with Crippen LogP contribution in [0.15, 0.2) is 34.0 Å². The maximum absolute atomic E-state index is 13.2. The molecule has 3 rings (SSSR count). The van der Waals surface area contributed by atoms with Crippen molar-refractivity contribution in [3.8, 4) is 5.75 Å². The lowest BCUT2D eigenvalue weighted by Gasteiger charge is -2.22. The fourth-order valence-corrected chi connectivity index (χ4v) is 4.64. The van der Waals surface area contributed by atoms with Gasteiger partial charge in [0.1, 0.15) is 28.4 Å². The lowest BCUT2D eigenvalue weighted by atomic mass is 10.1. The average molecular weight is 473 g/mol. The lowest BCUT2D eigenvalue weighted by molar-refractivity contribution is -0.139. The maximum Gasteiger partial charge on any atom is 0.319 e. The Bertz CT molecular complexity index is 1190. The van der Waals surface area contributed by atoms with Crippen molar-refractivity contribution < 1.29 is 14.6 Å². The van der Waals surface area contributed by atoms with Crippen molar-refractivity contribution in [2.45, 2.75) is 76.6 Å².